The lowest BCUT2D eigenvalue weighted by Gasteiger charge is -2.47. The van der Waals surface area contributed by atoms with Crippen molar-refractivity contribution in [1.29, 1.82) is 0 Å². The molecule has 0 N–H and O–H groups in total. The predicted octanol–water partition coefficient (Wildman–Crippen LogP) is 31.8. The Hall–Kier alpha value is -10.7. The molecule has 2 aliphatic rings. The zero-order valence-electron chi connectivity index (χ0n) is 108. The van der Waals surface area contributed by atoms with Crippen molar-refractivity contribution in [3.8, 4) is 72.4 Å². The number of fused-ring (bicyclic) bond motifs is 7. The number of para-hydroxylation sites is 2. The van der Waals surface area contributed by atoms with E-state index in [1.54, 1.807) is 129 Å². The summed E-state index contributed by atoms with van der Waals surface area (Å²) >= 11 is 0. The van der Waals surface area contributed by atoms with Crippen LogP contribution >= 0.6 is 0 Å². The SMILES string of the molecule is [2H]c1c([2H])c([2H])c(-c2ccc3c(c2)N(c2c(-c4c([2H])c([2H])c(C(C)(C)C)c([2H])c4[2H])c([2H])c(C(C)(C)C)c([2H])c2-c2c(C(C)(C)C)c([2H])c([2H])c([2H])c2C(C)(C)C)c2cc(-c4cc(C(C)(C)C)cc(C(C)(C)C)c4)cc4c2B3c2ccc(-n3c5c([2H])c([2H])c([2H])c([2H])c5c5c([2H])c([2H])c([2H])c([2H])c53)cc2N4c2c(-c3c([2H])c([2H])c(C(C)(C)C)c([2H])c3[2H])c([2H])c(C(C)(C)C)c([2H])c2-c2c(C(C)(C)C)c([2H])c([2H])c([2H])c2C(C)(C)C)c([2H])c1[2H]. The third-order valence-electron chi connectivity index (χ3n) is 23.5. The highest BCUT2D eigenvalue weighted by molar-refractivity contribution is 7.00. The Kier molecular flexibility index (Phi) is 13.2. The van der Waals surface area contributed by atoms with E-state index in [9.17, 15) is 41.1 Å². The Bertz CT molecular complexity index is 8160. The van der Waals surface area contributed by atoms with Crippen LogP contribution in [0.3, 0.4) is 0 Å². The standard InChI is InChI=1S/C118H132BN3/c1-109(2,3)79-55-50-74(51-56-79)88-68-83(113(13,14)15)70-90(104-92(115(19,20)21)44-38-45-93(104)116(22,23)24)107(88)121-100-64-76(73-40-32-31-33-41-73)54-60-96(100)119-97-61-59-85(120-98-48-36-34-42-86(98)87-43-35-37-49-99(87)120)72-101(97)122(103-66-78(65-102(121)106(103)119)77-62-81(111(7,8)9)67-82(63-77)112(10,11)12)108-89(75-52-57-80(58-53-75)110(4,5)6)69-84(114(16,17)18)71-91(108)105-94(117(25,26)27)46-39-47-95(105)118(28,29)30/h31-72H,1-30H3/i31D,32D,33D,34D,35D,36D,37D,38D,39D,40D,41D,42D,43D,44D,45D,46D,47D,48D,49D,50D,51D,52D,53D,55D,56D,57D,58D,68D,69D,70D,71D. The third kappa shape index (κ3) is 15.3. The van der Waals surface area contributed by atoms with E-state index in [-0.39, 0.29) is 167 Å². The minimum absolute atomic E-state index is 0.00214. The summed E-state index contributed by atoms with van der Waals surface area (Å²) in [5, 5.41) is -0.641. The van der Waals surface area contributed by atoms with Crippen molar-refractivity contribution in [3.05, 3.63) is 310 Å². The molecule has 3 nitrogen and oxygen atoms in total. The van der Waals surface area contributed by atoms with Gasteiger partial charge in [0.15, 0.2) is 0 Å². The second kappa shape index (κ2) is 29.5. The monoisotopic (exact) mass is 1630 g/mol. The number of anilines is 6. The van der Waals surface area contributed by atoms with Gasteiger partial charge < -0.3 is 14.4 Å². The number of hydrogen-bond acceptors (Lipinski definition) is 2. The largest absolute Gasteiger partial charge is 0.310 e. The fourth-order valence-electron chi connectivity index (χ4n) is 16.8. The van der Waals surface area contributed by atoms with Gasteiger partial charge >= 0.3 is 0 Å². The first-order valence-electron chi connectivity index (χ1n) is 58.0. The highest BCUT2D eigenvalue weighted by atomic mass is 15.2. The summed E-state index contributed by atoms with van der Waals surface area (Å²) in [7, 11) is 0. The Labute approximate surface area is 776 Å². The zero-order chi connectivity index (χ0) is 115. The molecule has 0 bridgehead atoms. The van der Waals surface area contributed by atoms with Crippen molar-refractivity contribution in [2.24, 2.45) is 0 Å². The van der Waals surface area contributed by atoms with E-state index >= 15 is 0 Å². The normalized spacial score (nSPS) is 17.3. The summed E-state index contributed by atoms with van der Waals surface area (Å²) in [4.78, 5) is 3.39. The molecule has 3 heterocycles. The van der Waals surface area contributed by atoms with Gasteiger partial charge in [-0.1, -0.05) is 395 Å². The summed E-state index contributed by atoms with van der Waals surface area (Å²) in [5.41, 5.74) is -12.9. The molecule has 0 atom stereocenters. The van der Waals surface area contributed by atoms with Gasteiger partial charge in [-0.05, 0) is 237 Å². The lowest BCUT2D eigenvalue weighted by atomic mass is 9.33. The Morgan fingerprint density at radius 2 is 0.582 bits per heavy atom. The minimum Gasteiger partial charge on any atom is -0.310 e. The predicted molar refractivity (Wildman–Crippen MR) is 534 cm³/mol. The van der Waals surface area contributed by atoms with E-state index < -0.39 is 265 Å². The molecule has 13 aromatic carbocycles. The molecule has 14 aromatic rings. The summed E-state index contributed by atoms with van der Waals surface area (Å²) in [6.45, 7) is 53.6. The third-order valence-corrected chi connectivity index (χ3v) is 23.5. The number of benzene rings is 13. The van der Waals surface area contributed by atoms with Crippen LogP contribution in [0.2, 0.25) is 0 Å². The topological polar surface area (TPSA) is 11.4 Å². The number of aromatic nitrogens is 1. The molecule has 0 aliphatic carbocycles. The molecule has 0 unspecified atom stereocenters. The van der Waals surface area contributed by atoms with Crippen LogP contribution in [-0.4, -0.2) is 11.3 Å². The molecule has 1 aromatic heterocycles. The lowest BCUT2D eigenvalue weighted by molar-refractivity contribution is 0.569. The summed E-state index contributed by atoms with van der Waals surface area (Å²) < 4.78 is 325. The van der Waals surface area contributed by atoms with Crippen molar-refractivity contribution >= 4 is 79.0 Å². The van der Waals surface area contributed by atoms with Crippen LogP contribution < -0.4 is 26.2 Å². The highest BCUT2D eigenvalue weighted by Gasteiger charge is 2.48. The smallest absolute Gasteiger partial charge is 0.252 e. The molecule has 0 spiro atoms. The first kappa shape index (κ1) is 54.7. The van der Waals surface area contributed by atoms with Crippen molar-refractivity contribution < 1.29 is 42.5 Å². The van der Waals surface area contributed by atoms with Crippen molar-refractivity contribution in [3.63, 3.8) is 0 Å². The Morgan fingerprint density at radius 1 is 0.246 bits per heavy atom. The molecule has 0 fully saturated rings. The van der Waals surface area contributed by atoms with Gasteiger partial charge in [-0.25, -0.2) is 0 Å². The lowest BCUT2D eigenvalue weighted by Crippen LogP contribution is -2.61. The van der Waals surface area contributed by atoms with Crippen LogP contribution in [0.15, 0.2) is 254 Å². The molecule has 0 saturated heterocycles. The van der Waals surface area contributed by atoms with E-state index in [0.717, 1.165) is 11.1 Å². The maximum atomic E-state index is 12.0. The summed E-state index contributed by atoms with van der Waals surface area (Å²) in [6.07, 6.45) is 0. The molecule has 622 valence electrons. The van der Waals surface area contributed by atoms with E-state index in [4.69, 9.17) is 1.37 Å². The van der Waals surface area contributed by atoms with E-state index in [1.807, 2.05) is 149 Å². The molecular weight excluding hydrogens is 1470 g/mol. The molecule has 16 rings (SSSR count). The number of hydrogen-bond donors (Lipinski definition) is 0. The summed E-state index contributed by atoms with van der Waals surface area (Å²) in [6, 6.07) is 0.513. The number of rotatable bonds is 9. The average Bonchev–Trinajstić information content (AvgIpc) is 1.04. The second-order valence-electron chi connectivity index (χ2n) is 43.6. The molecular formula is C118H132BN3. The van der Waals surface area contributed by atoms with E-state index in [2.05, 4.69) is 6.07 Å². The maximum Gasteiger partial charge on any atom is 0.252 e. The molecule has 0 amide bonds. The Balaban J connectivity index is 1.36. The van der Waals surface area contributed by atoms with Gasteiger partial charge in [-0.15, -0.1) is 0 Å². The van der Waals surface area contributed by atoms with Crippen molar-refractivity contribution in [2.75, 3.05) is 9.80 Å². The molecule has 2 aliphatic heterocycles. The molecule has 122 heavy (non-hydrogen) atoms. The molecule has 0 radical (unpaired) electrons. The van der Waals surface area contributed by atoms with E-state index in [0.29, 0.717) is 5.56 Å². The van der Waals surface area contributed by atoms with Crippen LogP contribution in [0.5, 0.6) is 0 Å². The quantitative estimate of drug-likeness (QED) is 0.133. The van der Waals surface area contributed by atoms with Gasteiger partial charge in [-0.3, -0.25) is 0 Å². The van der Waals surface area contributed by atoms with Gasteiger partial charge in [0.25, 0.3) is 6.71 Å². The van der Waals surface area contributed by atoms with Crippen LogP contribution in [0.4, 0.5) is 34.1 Å². The molecule has 0 saturated carbocycles. The zero-order valence-corrected chi connectivity index (χ0v) is 76.8. The van der Waals surface area contributed by atoms with Gasteiger partial charge in [0.05, 0.1) is 64.9 Å². The van der Waals surface area contributed by atoms with Gasteiger partial charge in [-0.2, -0.15) is 0 Å². The van der Waals surface area contributed by atoms with Crippen LogP contribution in [-0.2, 0) is 54.1 Å². The second-order valence-corrected chi connectivity index (χ2v) is 43.6. The van der Waals surface area contributed by atoms with Gasteiger partial charge in [0.2, 0.25) is 0 Å². The fraction of sp³-hybridized carbons (Fsp3) is 0.339. The van der Waals surface area contributed by atoms with E-state index in [1.165, 1.54) is 4.57 Å². The fourth-order valence-corrected chi connectivity index (χ4v) is 16.8. The van der Waals surface area contributed by atoms with Crippen LogP contribution in [0.1, 0.15) is 306 Å². The minimum atomic E-state index is -1.45. The van der Waals surface area contributed by atoms with Crippen LogP contribution in [0, 0.1) is 0 Å². The van der Waals surface area contributed by atoms with Gasteiger partial charge in [0, 0.05) is 61.5 Å². The van der Waals surface area contributed by atoms with Crippen LogP contribution in [0.25, 0.3) is 94.3 Å². The maximum absolute atomic E-state index is 12.0. The first-order chi connectivity index (χ1) is 69.8. The van der Waals surface area contributed by atoms with Crippen molar-refractivity contribution in [1.82, 2.24) is 4.57 Å². The first-order valence-corrected chi connectivity index (χ1v) is 42.5. The van der Waals surface area contributed by atoms with Crippen molar-refractivity contribution in [2.45, 2.75) is 262 Å². The molecule has 4 heteroatoms. The highest BCUT2D eigenvalue weighted by Crippen LogP contribution is 2.59. The number of nitrogens with zero attached hydrogens (tertiary/aromatic N) is 3. The van der Waals surface area contributed by atoms with Gasteiger partial charge in [0.1, 0.15) is 0 Å². The Morgan fingerprint density at radius 3 is 0.959 bits per heavy atom. The average molecular weight is 1630 g/mol. The summed E-state index contributed by atoms with van der Waals surface area (Å²) in [5.74, 6) is 0.